The molecule has 2 fully saturated rings. The molecule has 0 aromatic heterocycles. The van der Waals surface area contributed by atoms with E-state index in [1.807, 2.05) is 26.6 Å². The Morgan fingerprint density at radius 2 is 1.88 bits per heavy atom. The third-order valence-corrected chi connectivity index (χ3v) is 5.41. The highest BCUT2D eigenvalue weighted by Gasteiger charge is 2.90. The van der Waals surface area contributed by atoms with Gasteiger partial charge < -0.3 is 9.16 Å². The van der Waals surface area contributed by atoms with Crippen LogP contribution in [0, 0.1) is 5.41 Å². The maximum Gasteiger partial charge on any atom is 0.247 e. The van der Waals surface area contributed by atoms with E-state index in [1.54, 1.807) is 0 Å². The zero-order chi connectivity index (χ0) is 12.9. The summed E-state index contributed by atoms with van der Waals surface area (Å²) in [6.07, 6.45) is 3.76. The number of rotatable bonds is 2. The number of hydrogen-bond donors (Lipinski definition) is 0. The molecule has 2 nitrogen and oxygen atoms in total. The smallest absolute Gasteiger partial charge is 0.247 e. The summed E-state index contributed by atoms with van der Waals surface area (Å²) in [6.45, 7) is 8.50. The van der Waals surface area contributed by atoms with Gasteiger partial charge in [-0.2, -0.15) is 0 Å². The summed E-state index contributed by atoms with van der Waals surface area (Å²) in [5, 5.41) is -1.87. The molecule has 1 saturated heterocycles. The van der Waals surface area contributed by atoms with Crippen molar-refractivity contribution in [1.29, 1.82) is 0 Å². The number of hydrogen-bond acceptors (Lipinski definition) is 2. The van der Waals surface area contributed by atoms with E-state index in [0.29, 0.717) is 6.61 Å². The van der Waals surface area contributed by atoms with Crippen molar-refractivity contribution in [3.05, 3.63) is 0 Å². The van der Waals surface area contributed by atoms with Crippen molar-refractivity contribution in [2.45, 2.75) is 63.2 Å². The molecule has 17 heavy (non-hydrogen) atoms. The van der Waals surface area contributed by atoms with Crippen molar-refractivity contribution in [1.82, 2.24) is 0 Å². The molecule has 2 rings (SSSR count). The molecule has 0 amide bonds. The fourth-order valence-corrected chi connectivity index (χ4v) is 4.63. The van der Waals surface area contributed by atoms with Crippen LogP contribution >= 0.6 is 11.6 Å². The average molecular weight is 281 g/mol. The molecular formula is C12H22ClFO2Si. The van der Waals surface area contributed by atoms with E-state index in [0.717, 1.165) is 25.7 Å². The predicted molar refractivity (Wildman–Crippen MR) is 69.4 cm³/mol. The van der Waals surface area contributed by atoms with Gasteiger partial charge in [-0.3, -0.25) is 0 Å². The summed E-state index contributed by atoms with van der Waals surface area (Å²) in [4.78, 5) is 0. The Bertz CT molecular complexity index is 318. The fourth-order valence-electron chi connectivity index (χ4n) is 2.80. The topological polar surface area (TPSA) is 18.5 Å². The molecule has 0 aromatic carbocycles. The molecule has 5 heteroatoms. The van der Waals surface area contributed by atoms with Crippen molar-refractivity contribution >= 4 is 19.9 Å². The van der Waals surface area contributed by atoms with Gasteiger partial charge >= 0.3 is 0 Å². The van der Waals surface area contributed by atoms with Crippen molar-refractivity contribution < 1.29 is 13.6 Å². The lowest BCUT2D eigenvalue weighted by molar-refractivity contribution is -0.154. The van der Waals surface area contributed by atoms with Gasteiger partial charge in [-0.05, 0) is 39.4 Å². The highest BCUT2D eigenvalue weighted by atomic mass is 35.5. The van der Waals surface area contributed by atoms with Crippen molar-refractivity contribution in [3.63, 3.8) is 0 Å². The summed E-state index contributed by atoms with van der Waals surface area (Å²) in [5.74, 6) is -1.20. The van der Waals surface area contributed by atoms with Crippen LogP contribution < -0.4 is 0 Å². The second-order valence-corrected chi connectivity index (χ2v) is 11.3. The Morgan fingerprint density at radius 3 is 2.47 bits per heavy atom. The second-order valence-electron chi connectivity index (χ2n) is 6.40. The van der Waals surface area contributed by atoms with Crippen LogP contribution in [0.5, 0.6) is 0 Å². The Morgan fingerprint density at radius 1 is 1.24 bits per heavy atom. The molecular weight excluding hydrogens is 259 g/mol. The molecule has 0 aromatic rings. The molecule has 0 N–H and O–H groups in total. The first-order valence-corrected chi connectivity index (χ1v) is 10.2. The third-order valence-electron chi connectivity index (χ3n) is 3.85. The van der Waals surface area contributed by atoms with Crippen LogP contribution in [0.3, 0.4) is 0 Å². The molecule has 1 saturated carbocycles. The highest BCUT2D eigenvalue weighted by Crippen LogP contribution is 2.75. The molecule has 1 heterocycles. The van der Waals surface area contributed by atoms with Crippen LogP contribution in [0.1, 0.15) is 32.6 Å². The second kappa shape index (κ2) is 3.92. The minimum absolute atomic E-state index is 0.540. The third kappa shape index (κ3) is 1.88. The van der Waals surface area contributed by atoms with Gasteiger partial charge in [0.25, 0.3) is 0 Å². The lowest BCUT2D eigenvalue weighted by atomic mass is 9.98. The van der Waals surface area contributed by atoms with Gasteiger partial charge in [0.05, 0.1) is 12.0 Å². The van der Waals surface area contributed by atoms with E-state index in [-0.39, 0.29) is 0 Å². The van der Waals surface area contributed by atoms with E-state index in [4.69, 9.17) is 20.8 Å². The first-order valence-electron chi connectivity index (χ1n) is 6.38. The SMILES string of the molecule is CC12CCCCCOC1(O[Si](C)(C)C)C2(F)Cl. The molecule has 0 radical (unpaired) electrons. The van der Waals surface area contributed by atoms with Crippen molar-refractivity contribution in [3.8, 4) is 0 Å². The summed E-state index contributed by atoms with van der Waals surface area (Å²) >= 11 is 6.07. The Kier molecular flexibility index (Phi) is 3.18. The number of fused-ring (bicyclic) bond motifs is 1. The minimum atomic E-state index is -1.90. The summed E-state index contributed by atoms with van der Waals surface area (Å²) < 4.78 is 26.4. The summed E-state index contributed by atoms with van der Waals surface area (Å²) in [6, 6.07) is 0. The number of halogens is 2. The van der Waals surface area contributed by atoms with Crippen molar-refractivity contribution in [2.24, 2.45) is 5.41 Å². The van der Waals surface area contributed by atoms with E-state index >= 15 is 0 Å². The molecule has 0 bridgehead atoms. The van der Waals surface area contributed by atoms with Gasteiger partial charge in [0.2, 0.25) is 10.9 Å². The largest absolute Gasteiger partial charge is 0.387 e. The quantitative estimate of drug-likeness (QED) is 0.561. The molecule has 100 valence electrons. The van der Waals surface area contributed by atoms with Crippen LogP contribution in [-0.2, 0) is 9.16 Å². The first-order chi connectivity index (χ1) is 7.66. The zero-order valence-corrected chi connectivity index (χ0v) is 12.9. The van der Waals surface area contributed by atoms with E-state index in [1.165, 1.54) is 0 Å². The number of alkyl halides is 2. The predicted octanol–water partition coefficient (Wildman–Crippen LogP) is 4.05. The molecule has 1 aliphatic heterocycles. The minimum Gasteiger partial charge on any atom is -0.387 e. The molecule has 1 aliphatic carbocycles. The lowest BCUT2D eigenvalue weighted by Gasteiger charge is -2.30. The van der Waals surface area contributed by atoms with Gasteiger partial charge in [-0.15, -0.1) is 0 Å². The summed E-state index contributed by atoms with van der Waals surface area (Å²) in [7, 11) is -1.90. The van der Waals surface area contributed by atoms with Gasteiger partial charge in [0.15, 0.2) is 8.32 Å². The standard InChI is InChI=1S/C12H22ClFO2Si/c1-10-8-6-5-7-9-15-12(10,11(10,13)14)16-17(2,3)4/h5-9H2,1-4H3. The van der Waals surface area contributed by atoms with Crippen LogP contribution in [0.2, 0.25) is 19.6 Å². The van der Waals surface area contributed by atoms with Crippen LogP contribution in [0.25, 0.3) is 0 Å². The van der Waals surface area contributed by atoms with Gasteiger partial charge in [0, 0.05) is 0 Å². The monoisotopic (exact) mass is 280 g/mol. The Balaban J connectivity index is 2.28. The lowest BCUT2D eigenvalue weighted by Crippen LogP contribution is -2.41. The van der Waals surface area contributed by atoms with Gasteiger partial charge in [-0.25, -0.2) is 4.39 Å². The molecule has 0 spiro atoms. The molecule has 3 atom stereocenters. The van der Waals surface area contributed by atoms with Gasteiger partial charge in [0.1, 0.15) is 0 Å². The fraction of sp³-hybridized carbons (Fsp3) is 1.00. The van der Waals surface area contributed by atoms with E-state index in [9.17, 15) is 4.39 Å². The normalized spacial score (nSPS) is 46.9. The summed E-state index contributed by atoms with van der Waals surface area (Å²) in [5.41, 5.74) is -0.692. The van der Waals surface area contributed by atoms with Crippen LogP contribution in [-0.4, -0.2) is 25.8 Å². The molecule has 3 unspecified atom stereocenters. The Hall–Kier alpha value is 0.357. The van der Waals surface area contributed by atoms with E-state index in [2.05, 4.69) is 0 Å². The van der Waals surface area contributed by atoms with Gasteiger partial charge in [-0.1, -0.05) is 24.4 Å². The average Bonchev–Trinajstić information content (AvgIpc) is 2.45. The van der Waals surface area contributed by atoms with Crippen molar-refractivity contribution in [2.75, 3.05) is 6.61 Å². The Labute approximate surface area is 109 Å². The highest BCUT2D eigenvalue weighted by molar-refractivity contribution is 6.70. The maximum atomic E-state index is 14.6. The maximum absolute atomic E-state index is 14.6. The van der Waals surface area contributed by atoms with Crippen LogP contribution in [0.15, 0.2) is 0 Å². The van der Waals surface area contributed by atoms with Crippen LogP contribution in [0.4, 0.5) is 4.39 Å². The first kappa shape index (κ1) is 13.8. The number of ether oxygens (including phenoxy) is 1. The zero-order valence-electron chi connectivity index (χ0n) is 11.1. The van der Waals surface area contributed by atoms with E-state index < -0.39 is 24.6 Å². The molecule has 2 aliphatic rings.